The molecule has 0 aliphatic carbocycles. The number of benzene rings is 2. The fraction of sp³-hybridized carbons (Fsp3) is 0.217. The Hall–Kier alpha value is -3.54. The molecule has 1 aromatic heterocycles. The summed E-state index contributed by atoms with van der Waals surface area (Å²) in [6.07, 6.45) is 4.55. The summed E-state index contributed by atoms with van der Waals surface area (Å²) in [6.45, 7) is 0.883. The molecular formula is C23H25N3O3. The van der Waals surface area contributed by atoms with Crippen LogP contribution in [-0.2, 0) is 6.42 Å². The van der Waals surface area contributed by atoms with Crippen molar-refractivity contribution in [3.8, 4) is 11.5 Å². The van der Waals surface area contributed by atoms with Crippen LogP contribution < -0.4 is 19.7 Å². The minimum atomic E-state index is -0.280. The van der Waals surface area contributed by atoms with Crippen LogP contribution in [0.15, 0.2) is 67.0 Å². The second-order valence-corrected chi connectivity index (χ2v) is 6.57. The number of likely N-dealkylation sites (N-methyl/N-ethyl adjacent to an activating group) is 1. The van der Waals surface area contributed by atoms with E-state index in [2.05, 4.69) is 22.2 Å². The van der Waals surface area contributed by atoms with Crippen LogP contribution in [0, 0.1) is 0 Å². The quantitative estimate of drug-likeness (QED) is 0.628. The number of amides is 1. The third-order valence-corrected chi connectivity index (χ3v) is 4.71. The molecule has 0 saturated carbocycles. The molecule has 0 bridgehead atoms. The van der Waals surface area contributed by atoms with Crippen LogP contribution in [0.25, 0.3) is 0 Å². The van der Waals surface area contributed by atoms with E-state index in [-0.39, 0.29) is 5.91 Å². The summed E-state index contributed by atoms with van der Waals surface area (Å²) in [6, 6.07) is 17.1. The van der Waals surface area contributed by atoms with Crippen molar-refractivity contribution in [2.75, 3.05) is 38.0 Å². The van der Waals surface area contributed by atoms with Gasteiger partial charge >= 0.3 is 0 Å². The standard InChI is InChI=1S/C23H25N3O3/c1-26(16-13-17-11-14-24-15-12-17)19-9-7-18(8-10-19)25-23(27)22-20(28-2)5-4-6-21(22)29-3/h4-12,14-15H,13,16H2,1-3H3,(H,25,27). The molecule has 0 spiro atoms. The molecule has 3 aromatic rings. The summed E-state index contributed by atoms with van der Waals surface area (Å²) >= 11 is 0. The fourth-order valence-electron chi connectivity index (χ4n) is 3.04. The number of carbonyl (C=O) groups is 1. The molecule has 6 nitrogen and oxygen atoms in total. The molecule has 0 aliphatic rings. The number of pyridine rings is 1. The zero-order chi connectivity index (χ0) is 20.6. The largest absolute Gasteiger partial charge is 0.496 e. The Morgan fingerprint density at radius 1 is 0.966 bits per heavy atom. The van der Waals surface area contributed by atoms with Crippen LogP contribution in [0.2, 0.25) is 0 Å². The lowest BCUT2D eigenvalue weighted by Gasteiger charge is -2.20. The molecule has 0 saturated heterocycles. The number of carbonyl (C=O) groups excluding carboxylic acids is 1. The third-order valence-electron chi connectivity index (χ3n) is 4.71. The molecule has 0 fully saturated rings. The summed E-state index contributed by atoms with van der Waals surface area (Å²) in [5.41, 5.74) is 3.40. The van der Waals surface area contributed by atoms with E-state index in [1.54, 1.807) is 18.2 Å². The van der Waals surface area contributed by atoms with Crippen molar-refractivity contribution < 1.29 is 14.3 Å². The minimum Gasteiger partial charge on any atom is -0.496 e. The number of anilines is 2. The van der Waals surface area contributed by atoms with E-state index >= 15 is 0 Å². The van der Waals surface area contributed by atoms with Gasteiger partial charge in [0, 0.05) is 37.4 Å². The van der Waals surface area contributed by atoms with Gasteiger partial charge in [-0.2, -0.15) is 0 Å². The SMILES string of the molecule is COc1cccc(OC)c1C(=O)Nc1ccc(N(C)CCc2ccncc2)cc1. The lowest BCUT2D eigenvalue weighted by molar-refractivity contribution is 0.102. The first-order valence-electron chi connectivity index (χ1n) is 9.35. The molecule has 150 valence electrons. The number of methoxy groups -OCH3 is 2. The van der Waals surface area contributed by atoms with E-state index in [0.29, 0.717) is 22.7 Å². The minimum absolute atomic E-state index is 0.280. The van der Waals surface area contributed by atoms with E-state index < -0.39 is 0 Å². The number of nitrogens with one attached hydrogen (secondary N) is 1. The highest BCUT2D eigenvalue weighted by Gasteiger charge is 2.18. The van der Waals surface area contributed by atoms with Gasteiger partial charge in [-0.3, -0.25) is 9.78 Å². The monoisotopic (exact) mass is 391 g/mol. The van der Waals surface area contributed by atoms with E-state index in [9.17, 15) is 4.79 Å². The number of hydrogen-bond donors (Lipinski definition) is 1. The Morgan fingerprint density at radius 3 is 2.17 bits per heavy atom. The summed E-state index contributed by atoms with van der Waals surface area (Å²) in [7, 11) is 5.11. The molecule has 0 radical (unpaired) electrons. The Morgan fingerprint density at radius 2 is 1.59 bits per heavy atom. The van der Waals surface area contributed by atoms with Gasteiger partial charge in [0.25, 0.3) is 5.91 Å². The summed E-state index contributed by atoms with van der Waals surface area (Å²) in [4.78, 5) is 19.0. The van der Waals surface area contributed by atoms with Gasteiger partial charge < -0.3 is 19.7 Å². The molecule has 2 aromatic carbocycles. The lowest BCUT2D eigenvalue weighted by atomic mass is 10.1. The number of nitrogens with zero attached hydrogens (tertiary/aromatic N) is 2. The summed E-state index contributed by atoms with van der Waals surface area (Å²) in [5.74, 6) is 0.654. The second-order valence-electron chi connectivity index (χ2n) is 6.57. The smallest absolute Gasteiger partial charge is 0.263 e. The number of rotatable bonds is 8. The Labute approximate surface area is 171 Å². The van der Waals surface area contributed by atoms with Gasteiger partial charge in [-0.15, -0.1) is 0 Å². The molecule has 0 unspecified atom stereocenters. The first-order chi connectivity index (χ1) is 14.1. The van der Waals surface area contributed by atoms with Crippen molar-refractivity contribution in [1.29, 1.82) is 0 Å². The third kappa shape index (κ3) is 5.04. The zero-order valence-electron chi connectivity index (χ0n) is 16.9. The van der Waals surface area contributed by atoms with Crippen LogP contribution in [0.1, 0.15) is 15.9 Å². The molecule has 0 aliphatic heterocycles. The van der Waals surface area contributed by atoms with Crippen LogP contribution in [0.4, 0.5) is 11.4 Å². The second kappa shape index (κ2) is 9.59. The van der Waals surface area contributed by atoms with E-state index in [4.69, 9.17) is 9.47 Å². The van der Waals surface area contributed by atoms with E-state index in [1.165, 1.54) is 19.8 Å². The summed E-state index contributed by atoms with van der Waals surface area (Å²) < 4.78 is 10.6. The average molecular weight is 391 g/mol. The molecule has 1 heterocycles. The van der Waals surface area contributed by atoms with Crippen molar-refractivity contribution in [3.05, 3.63) is 78.1 Å². The van der Waals surface area contributed by atoms with Crippen molar-refractivity contribution in [1.82, 2.24) is 4.98 Å². The Bertz CT molecular complexity index is 921. The molecule has 3 rings (SSSR count). The maximum atomic E-state index is 12.8. The molecule has 0 atom stereocenters. The normalized spacial score (nSPS) is 10.3. The fourth-order valence-corrected chi connectivity index (χ4v) is 3.04. The van der Waals surface area contributed by atoms with Gasteiger partial charge in [0.05, 0.1) is 14.2 Å². The highest BCUT2D eigenvalue weighted by molar-refractivity contribution is 6.08. The van der Waals surface area contributed by atoms with Crippen molar-refractivity contribution in [2.45, 2.75) is 6.42 Å². The van der Waals surface area contributed by atoms with Gasteiger partial charge in [0.2, 0.25) is 0 Å². The average Bonchev–Trinajstić information content (AvgIpc) is 2.77. The highest BCUT2D eigenvalue weighted by atomic mass is 16.5. The number of hydrogen-bond acceptors (Lipinski definition) is 5. The van der Waals surface area contributed by atoms with Crippen LogP contribution in [0.5, 0.6) is 11.5 Å². The molecule has 1 N–H and O–H groups in total. The lowest BCUT2D eigenvalue weighted by Crippen LogP contribution is -2.20. The summed E-state index contributed by atoms with van der Waals surface area (Å²) in [5, 5.41) is 2.91. The maximum Gasteiger partial charge on any atom is 0.263 e. The number of ether oxygens (including phenoxy) is 2. The van der Waals surface area contributed by atoms with E-state index in [0.717, 1.165) is 18.7 Å². The predicted octanol–water partition coefficient (Wildman–Crippen LogP) is 4.03. The highest BCUT2D eigenvalue weighted by Crippen LogP contribution is 2.29. The van der Waals surface area contributed by atoms with Crippen molar-refractivity contribution >= 4 is 17.3 Å². The van der Waals surface area contributed by atoms with Crippen LogP contribution in [-0.4, -0.2) is 38.7 Å². The van der Waals surface area contributed by atoms with Crippen molar-refractivity contribution in [3.63, 3.8) is 0 Å². The maximum absolute atomic E-state index is 12.8. The molecule has 29 heavy (non-hydrogen) atoms. The molecule has 1 amide bonds. The number of aromatic nitrogens is 1. The van der Waals surface area contributed by atoms with Gasteiger partial charge in [-0.1, -0.05) is 6.07 Å². The van der Waals surface area contributed by atoms with Gasteiger partial charge in [0.1, 0.15) is 17.1 Å². The molecule has 6 heteroatoms. The van der Waals surface area contributed by atoms with Crippen LogP contribution >= 0.6 is 0 Å². The van der Waals surface area contributed by atoms with Gasteiger partial charge in [-0.05, 0) is 60.5 Å². The first-order valence-corrected chi connectivity index (χ1v) is 9.35. The predicted molar refractivity (Wildman–Crippen MR) is 115 cm³/mol. The van der Waals surface area contributed by atoms with Crippen LogP contribution in [0.3, 0.4) is 0 Å². The zero-order valence-corrected chi connectivity index (χ0v) is 16.9. The van der Waals surface area contributed by atoms with E-state index in [1.807, 2.05) is 48.8 Å². The van der Waals surface area contributed by atoms with Gasteiger partial charge in [0.15, 0.2) is 0 Å². The Kier molecular flexibility index (Phi) is 6.68. The van der Waals surface area contributed by atoms with Crippen molar-refractivity contribution in [2.24, 2.45) is 0 Å². The molecular weight excluding hydrogens is 366 g/mol. The Balaban J connectivity index is 1.65. The first kappa shape index (κ1) is 20.2. The topological polar surface area (TPSA) is 63.7 Å². The van der Waals surface area contributed by atoms with Gasteiger partial charge in [-0.25, -0.2) is 0 Å².